The molecule has 0 radical (unpaired) electrons. The Morgan fingerprint density at radius 1 is 1.05 bits per heavy atom. The largest absolute Gasteiger partial charge is 0.294 e. The minimum Gasteiger partial charge on any atom is -0.294 e. The molecule has 0 saturated carbocycles. The number of para-hydroxylation sites is 1. The van der Waals surface area contributed by atoms with Crippen molar-refractivity contribution in [3.63, 3.8) is 0 Å². The van der Waals surface area contributed by atoms with Gasteiger partial charge in [-0.3, -0.25) is 9.10 Å². The Kier molecular flexibility index (Phi) is 3.74. The molecule has 2 aromatic rings. The van der Waals surface area contributed by atoms with Crippen LogP contribution in [0.1, 0.15) is 27.9 Å². The molecule has 0 bridgehead atoms. The first-order valence-corrected chi connectivity index (χ1v) is 8.77. The average molecular weight is 315 g/mol. The molecule has 0 fully saturated rings. The van der Waals surface area contributed by atoms with Crippen molar-refractivity contribution in [3.8, 4) is 0 Å². The van der Waals surface area contributed by atoms with Crippen LogP contribution >= 0.6 is 0 Å². The van der Waals surface area contributed by atoms with E-state index in [2.05, 4.69) is 0 Å². The summed E-state index contributed by atoms with van der Waals surface area (Å²) in [6.07, 6.45) is 0.226. The standard InChI is InChI=1S/C17H17NO3S/c1-13-6-2-3-7-14(13)12-22(20,21)18-11-10-17(19)15-8-4-5-9-16(15)18/h2-9H,10-12H2,1H3. The third-order valence-corrected chi connectivity index (χ3v) is 5.68. The van der Waals surface area contributed by atoms with Crippen LogP contribution < -0.4 is 4.31 Å². The third-order valence-electron chi connectivity index (χ3n) is 3.95. The second kappa shape index (κ2) is 5.57. The molecule has 0 aliphatic carbocycles. The number of rotatable bonds is 3. The molecule has 1 heterocycles. The molecule has 2 aromatic carbocycles. The Morgan fingerprint density at radius 3 is 2.50 bits per heavy atom. The minimum atomic E-state index is -3.51. The number of hydrogen-bond acceptors (Lipinski definition) is 3. The Morgan fingerprint density at radius 2 is 1.73 bits per heavy atom. The van der Waals surface area contributed by atoms with Crippen LogP contribution in [0.2, 0.25) is 0 Å². The maximum absolute atomic E-state index is 12.8. The van der Waals surface area contributed by atoms with E-state index in [0.717, 1.165) is 11.1 Å². The van der Waals surface area contributed by atoms with Gasteiger partial charge >= 0.3 is 0 Å². The number of fused-ring (bicyclic) bond motifs is 1. The van der Waals surface area contributed by atoms with Gasteiger partial charge in [0.15, 0.2) is 5.78 Å². The molecule has 5 heteroatoms. The lowest BCUT2D eigenvalue weighted by Gasteiger charge is -2.29. The van der Waals surface area contributed by atoms with Crippen LogP contribution in [-0.4, -0.2) is 20.7 Å². The highest BCUT2D eigenvalue weighted by Crippen LogP contribution is 2.30. The summed E-state index contributed by atoms with van der Waals surface area (Å²) in [6.45, 7) is 2.11. The maximum Gasteiger partial charge on any atom is 0.239 e. The molecule has 0 atom stereocenters. The van der Waals surface area contributed by atoms with Gasteiger partial charge in [0.1, 0.15) is 0 Å². The summed E-state index contributed by atoms with van der Waals surface area (Å²) in [7, 11) is -3.51. The van der Waals surface area contributed by atoms with E-state index in [1.807, 2.05) is 31.2 Å². The first-order chi connectivity index (χ1) is 10.5. The number of carbonyl (C=O) groups excluding carboxylic acids is 1. The van der Waals surface area contributed by atoms with Gasteiger partial charge in [0.05, 0.1) is 11.4 Å². The van der Waals surface area contributed by atoms with Crippen molar-refractivity contribution in [2.24, 2.45) is 0 Å². The molecule has 0 saturated heterocycles. The van der Waals surface area contributed by atoms with Crippen LogP contribution in [-0.2, 0) is 15.8 Å². The molecule has 0 amide bonds. The number of benzene rings is 2. The van der Waals surface area contributed by atoms with E-state index in [-0.39, 0.29) is 24.5 Å². The molecule has 0 N–H and O–H groups in total. The summed E-state index contributed by atoms with van der Waals surface area (Å²) in [5.41, 5.74) is 2.72. The fourth-order valence-corrected chi connectivity index (χ4v) is 4.42. The topological polar surface area (TPSA) is 54.5 Å². The summed E-state index contributed by atoms with van der Waals surface area (Å²) < 4.78 is 27.0. The molecule has 0 unspecified atom stereocenters. The summed E-state index contributed by atoms with van der Waals surface area (Å²) in [4.78, 5) is 11.9. The zero-order valence-electron chi connectivity index (χ0n) is 12.3. The van der Waals surface area contributed by atoms with Crippen molar-refractivity contribution in [2.75, 3.05) is 10.8 Å². The fourth-order valence-electron chi connectivity index (χ4n) is 2.72. The SMILES string of the molecule is Cc1ccccc1CS(=O)(=O)N1CCC(=O)c2ccccc21. The maximum atomic E-state index is 12.8. The highest BCUT2D eigenvalue weighted by atomic mass is 32.2. The van der Waals surface area contributed by atoms with Crippen molar-refractivity contribution in [3.05, 3.63) is 65.2 Å². The van der Waals surface area contributed by atoms with Crippen LogP contribution in [0.25, 0.3) is 0 Å². The van der Waals surface area contributed by atoms with Crippen LogP contribution in [0.5, 0.6) is 0 Å². The first kappa shape index (κ1) is 14.8. The first-order valence-electron chi connectivity index (χ1n) is 7.16. The monoisotopic (exact) mass is 315 g/mol. The third kappa shape index (κ3) is 2.64. The Labute approximate surface area is 130 Å². The molecule has 3 rings (SSSR count). The van der Waals surface area contributed by atoms with Crippen LogP contribution in [0.3, 0.4) is 0 Å². The number of anilines is 1. The zero-order valence-corrected chi connectivity index (χ0v) is 13.1. The number of carbonyl (C=O) groups is 1. The molecule has 1 aliphatic heterocycles. The van der Waals surface area contributed by atoms with Crippen LogP contribution in [0.15, 0.2) is 48.5 Å². The smallest absolute Gasteiger partial charge is 0.239 e. The van der Waals surface area contributed by atoms with Crippen molar-refractivity contribution in [1.29, 1.82) is 0 Å². The second-order valence-electron chi connectivity index (χ2n) is 5.45. The van der Waals surface area contributed by atoms with E-state index in [1.165, 1.54) is 4.31 Å². The number of aryl methyl sites for hydroxylation is 1. The highest BCUT2D eigenvalue weighted by Gasteiger charge is 2.31. The number of ketones is 1. The van der Waals surface area contributed by atoms with E-state index in [1.54, 1.807) is 24.3 Å². The van der Waals surface area contributed by atoms with Crippen molar-refractivity contribution >= 4 is 21.5 Å². The molecular formula is C17H17NO3S. The van der Waals surface area contributed by atoms with Gasteiger partial charge < -0.3 is 0 Å². The molecule has 1 aliphatic rings. The number of Topliss-reactive ketones (excluding diaryl/α,β-unsaturated/α-hetero) is 1. The molecular weight excluding hydrogens is 298 g/mol. The Bertz CT molecular complexity index is 827. The number of sulfonamides is 1. The lowest BCUT2D eigenvalue weighted by Crippen LogP contribution is -2.38. The fraction of sp³-hybridized carbons (Fsp3) is 0.235. The van der Waals surface area contributed by atoms with Gasteiger partial charge in [-0.2, -0.15) is 0 Å². The summed E-state index contributed by atoms with van der Waals surface area (Å²) in [5.74, 6) is -0.0553. The quantitative estimate of drug-likeness (QED) is 0.875. The van der Waals surface area contributed by atoms with Gasteiger partial charge in [-0.05, 0) is 30.2 Å². The van der Waals surface area contributed by atoms with Crippen molar-refractivity contribution in [2.45, 2.75) is 19.1 Å². The van der Waals surface area contributed by atoms with Gasteiger partial charge in [-0.1, -0.05) is 36.4 Å². The Balaban J connectivity index is 1.99. The molecule has 22 heavy (non-hydrogen) atoms. The van der Waals surface area contributed by atoms with Crippen molar-refractivity contribution in [1.82, 2.24) is 0 Å². The van der Waals surface area contributed by atoms with E-state index in [0.29, 0.717) is 11.3 Å². The van der Waals surface area contributed by atoms with E-state index >= 15 is 0 Å². The van der Waals surface area contributed by atoms with E-state index in [9.17, 15) is 13.2 Å². The van der Waals surface area contributed by atoms with Gasteiger partial charge in [0.25, 0.3) is 0 Å². The Hall–Kier alpha value is -2.14. The van der Waals surface area contributed by atoms with Gasteiger partial charge in [-0.25, -0.2) is 8.42 Å². The minimum absolute atomic E-state index is 0.00191. The average Bonchev–Trinajstić information content (AvgIpc) is 2.50. The van der Waals surface area contributed by atoms with Crippen LogP contribution in [0.4, 0.5) is 5.69 Å². The summed E-state index contributed by atoms with van der Waals surface area (Å²) in [6, 6.07) is 14.4. The zero-order chi connectivity index (χ0) is 15.7. The molecule has 0 spiro atoms. The van der Waals surface area contributed by atoms with E-state index < -0.39 is 10.0 Å². The highest BCUT2D eigenvalue weighted by molar-refractivity contribution is 7.92. The normalized spacial score (nSPS) is 14.8. The summed E-state index contributed by atoms with van der Waals surface area (Å²) >= 11 is 0. The second-order valence-corrected chi connectivity index (χ2v) is 7.34. The predicted octanol–water partition coefficient (Wildman–Crippen LogP) is 2.92. The lowest BCUT2D eigenvalue weighted by molar-refractivity contribution is 0.0982. The lowest BCUT2D eigenvalue weighted by atomic mass is 10.0. The van der Waals surface area contributed by atoms with Gasteiger partial charge in [-0.15, -0.1) is 0 Å². The molecule has 0 aromatic heterocycles. The molecule has 4 nitrogen and oxygen atoms in total. The predicted molar refractivity (Wildman–Crippen MR) is 86.5 cm³/mol. The number of hydrogen-bond donors (Lipinski definition) is 0. The number of nitrogens with zero attached hydrogens (tertiary/aromatic N) is 1. The van der Waals surface area contributed by atoms with Crippen molar-refractivity contribution < 1.29 is 13.2 Å². The molecule has 114 valence electrons. The van der Waals surface area contributed by atoms with Gasteiger partial charge in [0, 0.05) is 18.5 Å². The van der Waals surface area contributed by atoms with E-state index in [4.69, 9.17) is 0 Å². The van der Waals surface area contributed by atoms with Crippen LogP contribution in [0, 0.1) is 6.92 Å². The van der Waals surface area contributed by atoms with Gasteiger partial charge in [0.2, 0.25) is 10.0 Å². The summed E-state index contributed by atoms with van der Waals surface area (Å²) in [5, 5.41) is 0.